The number of aliphatic hydroxyl groups is 2. The van der Waals surface area contributed by atoms with E-state index in [2.05, 4.69) is 41.7 Å². The molecule has 6 atom stereocenters. The number of aromatic nitrogens is 8. The number of nitrogens with one attached hydrogen (secondary N) is 6. The highest BCUT2D eigenvalue weighted by Crippen LogP contribution is 2.42. The van der Waals surface area contributed by atoms with E-state index in [1.54, 1.807) is 12.1 Å². The van der Waals surface area contributed by atoms with Crippen molar-refractivity contribution in [2.24, 2.45) is 24.9 Å². The van der Waals surface area contributed by atoms with Crippen molar-refractivity contribution in [2.75, 3.05) is 37.1 Å². The van der Waals surface area contributed by atoms with E-state index < -0.39 is 71.3 Å². The Morgan fingerprint density at radius 3 is 1.19 bits per heavy atom. The Morgan fingerprint density at radius 1 is 0.550 bits per heavy atom. The zero-order valence-corrected chi connectivity index (χ0v) is 48.8. The number of carbonyl (C=O) groups is 4. The Morgan fingerprint density at radius 2 is 0.887 bits per heavy atom. The molecule has 440 valence electrons. The van der Waals surface area contributed by atoms with Gasteiger partial charge in [0, 0.05) is 37.1 Å². The Labute approximate surface area is 467 Å². The first-order valence-corrected chi connectivity index (χ1v) is 27.4. The number of hydrogen-bond acceptors (Lipinski definition) is 16. The molecule has 4 heterocycles. The van der Waals surface area contributed by atoms with Crippen molar-refractivity contribution in [3.05, 3.63) is 60.4 Å². The van der Waals surface area contributed by atoms with Crippen LogP contribution in [0.3, 0.4) is 0 Å². The fourth-order valence-electron chi connectivity index (χ4n) is 8.83. The topological polar surface area (TPSA) is 305 Å². The van der Waals surface area contributed by atoms with Gasteiger partial charge in [-0.1, -0.05) is 81.1 Å². The van der Waals surface area contributed by atoms with Crippen molar-refractivity contribution in [2.45, 2.75) is 158 Å². The van der Waals surface area contributed by atoms with Gasteiger partial charge in [0.25, 0.3) is 11.8 Å². The van der Waals surface area contributed by atoms with Gasteiger partial charge < -0.3 is 69.0 Å². The number of nitrogens with zero attached hydrogens (tertiary/aromatic N) is 6. The van der Waals surface area contributed by atoms with Gasteiger partial charge in [-0.25, -0.2) is 19.6 Å². The lowest BCUT2D eigenvalue weighted by molar-refractivity contribution is -0.126. The van der Waals surface area contributed by atoms with E-state index in [0.717, 1.165) is 23.9 Å². The Bertz CT molecular complexity index is 2730. The van der Waals surface area contributed by atoms with Gasteiger partial charge in [-0.2, -0.15) is 10.2 Å². The average Bonchev–Trinajstić information content (AvgIpc) is 4.25. The third-order valence-electron chi connectivity index (χ3n) is 12.8. The molecule has 2 aromatic carbocycles. The highest BCUT2D eigenvalue weighted by atomic mass is 16.6. The molecule has 8 N–H and O–H groups in total. The summed E-state index contributed by atoms with van der Waals surface area (Å²) in [5.74, 6) is 2.86. The number of ether oxygens (including phenoxy) is 6. The lowest BCUT2D eigenvalue weighted by atomic mass is 9.88. The molecule has 0 spiro atoms. The highest BCUT2D eigenvalue weighted by molar-refractivity contribution is 5.95. The van der Waals surface area contributed by atoms with Crippen molar-refractivity contribution in [1.29, 1.82) is 0 Å². The first kappa shape index (κ1) is 63.2. The quantitative estimate of drug-likeness (QED) is 0.0251. The minimum absolute atomic E-state index is 0.341. The number of fused-ring (bicyclic) bond motifs is 2. The normalized spacial score (nSPS) is 13.9. The number of anilines is 2. The summed E-state index contributed by atoms with van der Waals surface area (Å²) < 4.78 is 39.0. The maximum Gasteiger partial charge on any atom is 0.408 e. The molecule has 80 heavy (non-hydrogen) atoms. The first-order valence-electron chi connectivity index (χ1n) is 27.4. The van der Waals surface area contributed by atoms with Gasteiger partial charge in [-0.3, -0.25) is 19.8 Å². The molecular formula is C56H84N12O12. The molecule has 0 saturated carbocycles. The number of benzene rings is 2. The molecule has 0 radical (unpaired) electrons. The lowest BCUT2D eigenvalue weighted by Gasteiger charge is -2.31. The monoisotopic (exact) mass is 1120 g/mol. The second-order valence-corrected chi connectivity index (χ2v) is 21.2. The Hall–Kier alpha value is -7.60. The molecular weight excluding hydrogens is 1030 g/mol. The fourth-order valence-corrected chi connectivity index (χ4v) is 8.83. The number of carbonyl (C=O) groups excluding carboxylic acids is 4. The molecule has 24 nitrogen and oxygen atoms in total. The van der Waals surface area contributed by atoms with Crippen LogP contribution >= 0.6 is 0 Å². The van der Waals surface area contributed by atoms with Gasteiger partial charge in [0.2, 0.25) is 0 Å². The van der Waals surface area contributed by atoms with Crippen LogP contribution < -0.4 is 40.2 Å². The fraction of sp³-hybridized carbons (Fsp3) is 0.571. The minimum atomic E-state index is -1.51. The second kappa shape index (κ2) is 29.0. The highest BCUT2D eigenvalue weighted by Gasteiger charge is 2.39. The van der Waals surface area contributed by atoms with Crippen molar-refractivity contribution in [3.8, 4) is 23.0 Å². The molecule has 0 aliphatic rings. The summed E-state index contributed by atoms with van der Waals surface area (Å²) >= 11 is 0. The van der Waals surface area contributed by atoms with E-state index in [4.69, 9.17) is 38.4 Å². The van der Waals surface area contributed by atoms with Crippen LogP contribution in [0.25, 0.3) is 22.1 Å². The number of H-pyrrole nitrogens is 2. The van der Waals surface area contributed by atoms with Crippen molar-refractivity contribution >= 4 is 57.7 Å². The number of unbranched alkanes of at least 4 members (excludes halogenated alkanes) is 2. The molecule has 6 rings (SSSR count). The summed E-state index contributed by atoms with van der Waals surface area (Å²) in [6.45, 7) is 25.1. The number of hydrogen-bond donors (Lipinski definition) is 8. The van der Waals surface area contributed by atoms with Crippen molar-refractivity contribution in [1.82, 2.24) is 50.1 Å². The van der Waals surface area contributed by atoms with Crippen LogP contribution in [0.15, 0.2) is 48.8 Å². The van der Waals surface area contributed by atoms with Crippen LogP contribution in [0.5, 0.6) is 23.0 Å². The van der Waals surface area contributed by atoms with Gasteiger partial charge in [0.1, 0.15) is 56.7 Å². The van der Waals surface area contributed by atoms with Crippen LogP contribution in [0.1, 0.15) is 145 Å². The molecule has 4 aromatic heterocycles. The van der Waals surface area contributed by atoms with Crippen molar-refractivity contribution < 1.29 is 57.8 Å². The number of aliphatic hydroxyl groups excluding tert-OH is 2. The van der Waals surface area contributed by atoms with Gasteiger partial charge in [-0.15, -0.1) is 0 Å². The van der Waals surface area contributed by atoms with Gasteiger partial charge in [-0.05, 0) is 64.8 Å². The SMILES string of the molecule is CCCC[C@H](NC(=O)O[C@H](c1nc2c(OCC)ccc(OCC)c2n1C)C(C)(C)C)[C@@H](O)C(=O)Nc1ccn[nH]1.CCCC[C@H](NC(=O)O[C@H](c1nc2c(OCC)ccc(OCC)c2n1C)C(C)(C)C)[C@H](O)C(=O)Nc1ccn[nH]1. The Kier molecular flexibility index (Phi) is 22.9. The minimum Gasteiger partial charge on any atom is -0.492 e. The largest absolute Gasteiger partial charge is 0.492 e. The summed E-state index contributed by atoms with van der Waals surface area (Å²) in [5, 5.41) is 45.0. The predicted molar refractivity (Wildman–Crippen MR) is 303 cm³/mol. The number of aryl methyl sites for hydroxylation is 2. The van der Waals surface area contributed by atoms with E-state index >= 15 is 0 Å². The number of rotatable bonds is 26. The third-order valence-corrected chi connectivity index (χ3v) is 12.8. The standard InChI is InChI=1S/2C28H42N6O6/c2*1-8-11-12-17(23(35)26(36)31-20-15-16-29-33-20)30-27(37)40-24(28(4,5)6)25-32-21-18(38-9-2)13-14-19(39-10-3)22(21)34(25)7/h2*13-17,23-24,35H,8-12H2,1-7H3,(H,30,37)(H2,29,31,33,36)/t17-,23+,24+;17-,23-,24+/m00/s1. The summed E-state index contributed by atoms with van der Waals surface area (Å²) in [6.07, 6.45) is 0.622. The Balaban J connectivity index is 0.000000294. The number of imidazole rings is 2. The van der Waals surface area contributed by atoms with E-state index in [-0.39, 0.29) is 0 Å². The maximum atomic E-state index is 13.3. The molecule has 0 aliphatic heterocycles. The van der Waals surface area contributed by atoms with E-state index in [1.807, 2.05) is 131 Å². The van der Waals surface area contributed by atoms with Gasteiger partial charge >= 0.3 is 12.2 Å². The summed E-state index contributed by atoms with van der Waals surface area (Å²) in [6, 6.07) is 8.71. The number of alkyl carbamates (subject to hydrolysis) is 2. The first-order chi connectivity index (χ1) is 38.0. The maximum absolute atomic E-state index is 13.3. The van der Waals surface area contributed by atoms with E-state index in [1.165, 1.54) is 12.4 Å². The second-order valence-electron chi connectivity index (χ2n) is 21.2. The molecule has 0 aliphatic carbocycles. The molecule has 6 aromatic rings. The van der Waals surface area contributed by atoms with E-state index in [9.17, 15) is 29.4 Å². The summed E-state index contributed by atoms with van der Waals surface area (Å²) in [7, 11) is 3.69. The zero-order valence-electron chi connectivity index (χ0n) is 48.8. The van der Waals surface area contributed by atoms with Crippen LogP contribution in [-0.4, -0.2) is 124 Å². The number of aromatic amines is 2. The molecule has 0 unspecified atom stereocenters. The summed E-state index contributed by atoms with van der Waals surface area (Å²) in [5.41, 5.74) is 1.56. The van der Waals surface area contributed by atoms with Gasteiger partial charge in [0.15, 0.2) is 36.1 Å². The van der Waals surface area contributed by atoms with E-state index in [0.29, 0.717) is 109 Å². The molecule has 24 heteroatoms. The predicted octanol–water partition coefficient (Wildman–Crippen LogP) is 8.93. The molecule has 4 amide bonds. The van der Waals surface area contributed by atoms with Crippen LogP contribution in [0.2, 0.25) is 0 Å². The average molecular weight is 1120 g/mol. The summed E-state index contributed by atoms with van der Waals surface area (Å²) in [4.78, 5) is 61.6. The molecule has 0 bridgehead atoms. The van der Waals surface area contributed by atoms with Crippen molar-refractivity contribution in [3.63, 3.8) is 0 Å². The van der Waals surface area contributed by atoms with Crippen LogP contribution in [-0.2, 0) is 33.2 Å². The van der Waals surface area contributed by atoms with Crippen LogP contribution in [0, 0.1) is 10.8 Å². The molecule has 0 saturated heterocycles. The third kappa shape index (κ3) is 16.3. The number of amides is 4. The zero-order chi connectivity index (χ0) is 58.9. The lowest BCUT2D eigenvalue weighted by Crippen LogP contribution is -2.49. The van der Waals surface area contributed by atoms with Gasteiger partial charge in [0.05, 0.1) is 50.9 Å². The van der Waals surface area contributed by atoms with Crippen LogP contribution in [0.4, 0.5) is 21.2 Å². The molecule has 0 fully saturated rings. The smallest absolute Gasteiger partial charge is 0.408 e.